The number of nitrogens with zero attached hydrogens (tertiary/aromatic N) is 1. The molecule has 2 atom stereocenters. The minimum Gasteiger partial charge on any atom is -0.457 e. The van der Waals surface area contributed by atoms with Crippen LogP contribution in [0.4, 0.5) is 5.69 Å². The van der Waals surface area contributed by atoms with Crippen LogP contribution >= 0.6 is 7.60 Å². The first-order valence-electron chi connectivity index (χ1n) is 8.40. The molecule has 0 saturated carbocycles. The fourth-order valence-corrected chi connectivity index (χ4v) is 3.84. The van der Waals surface area contributed by atoms with Gasteiger partial charge in [0.05, 0.1) is 11.5 Å². The van der Waals surface area contributed by atoms with E-state index in [0.717, 1.165) is 5.56 Å². The van der Waals surface area contributed by atoms with Gasteiger partial charge in [-0.1, -0.05) is 17.7 Å². The van der Waals surface area contributed by atoms with Crippen LogP contribution in [0.2, 0.25) is 0 Å². The second-order valence-corrected chi connectivity index (χ2v) is 7.54. The van der Waals surface area contributed by atoms with Crippen LogP contribution < -0.4 is 4.74 Å². The number of nitro benzene ring substituents is 1. The third-order valence-electron chi connectivity index (χ3n) is 3.65. The Bertz CT molecular complexity index is 838. The van der Waals surface area contributed by atoms with Crippen molar-refractivity contribution in [3.05, 3.63) is 63.7 Å². The second kappa shape index (κ2) is 9.10. The van der Waals surface area contributed by atoms with Crippen molar-refractivity contribution in [1.29, 1.82) is 0 Å². The van der Waals surface area contributed by atoms with E-state index in [1.54, 1.807) is 26.0 Å². The lowest BCUT2D eigenvalue weighted by Gasteiger charge is -2.24. The third kappa shape index (κ3) is 5.37. The number of non-ortho nitro benzene ring substituents is 1. The van der Waals surface area contributed by atoms with Crippen molar-refractivity contribution in [2.45, 2.75) is 26.6 Å². The quantitative estimate of drug-likeness (QED) is 0.363. The Labute approximate surface area is 157 Å². The van der Waals surface area contributed by atoms with E-state index >= 15 is 0 Å². The summed E-state index contributed by atoms with van der Waals surface area (Å²) in [6.45, 7) is 5.24. The predicted octanol–water partition coefficient (Wildman–Crippen LogP) is 4.95. The van der Waals surface area contributed by atoms with E-state index in [0.29, 0.717) is 5.75 Å². The smallest absolute Gasteiger partial charge is 0.361 e. The highest BCUT2D eigenvalue weighted by molar-refractivity contribution is 7.53. The molecule has 0 aliphatic rings. The van der Waals surface area contributed by atoms with Gasteiger partial charge in [-0.15, -0.1) is 0 Å². The van der Waals surface area contributed by atoms with Gasteiger partial charge in [-0.2, -0.15) is 0 Å². The van der Waals surface area contributed by atoms with Crippen molar-refractivity contribution in [2.75, 3.05) is 13.2 Å². The zero-order valence-corrected chi connectivity index (χ0v) is 16.2. The van der Waals surface area contributed by atoms with Gasteiger partial charge < -0.3 is 18.9 Å². The molecule has 0 spiro atoms. The molecular formula is C18H22NO7P. The molecule has 146 valence electrons. The van der Waals surface area contributed by atoms with Crippen LogP contribution in [0.5, 0.6) is 11.5 Å². The number of nitro groups is 1. The molecule has 2 aromatic rings. The molecule has 0 saturated heterocycles. The largest absolute Gasteiger partial charge is 0.457 e. The molecule has 8 nitrogen and oxygen atoms in total. The molecule has 0 aliphatic heterocycles. The summed E-state index contributed by atoms with van der Waals surface area (Å²) in [6, 6.07) is 11.0. The second-order valence-electron chi connectivity index (χ2n) is 5.68. The maximum Gasteiger partial charge on any atom is 0.361 e. The average molecular weight is 395 g/mol. The van der Waals surface area contributed by atoms with Gasteiger partial charge in [0, 0.05) is 24.3 Å². The van der Waals surface area contributed by atoms with E-state index in [-0.39, 0.29) is 30.2 Å². The van der Waals surface area contributed by atoms with Gasteiger partial charge in [-0.3, -0.25) is 14.7 Å². The molecule has 9 heteroatoms. The van der Waals surface area contributed by atoms with Crippen molar-refractivity contribution in [3.8, 4) is 11.5 Å². The van der Waals surface area contributed by atoms with E-state index in [4.69, 9.17) is 14.0 Å². The van der Waals surface area contributed by atoms with Crippen molar-refractivity contribution in [3.63, 3.8) is 0 Å². The lowest BCUT2D eigenvalue weighted by molar-refractivity contribution is -0.385. The normalized spacial score (nSPS) is 14.4. The summed E-state index contributed by atoms with van der Waals surface area (Å²) in [5.74, 6) is -0.755. The number of ether oxygens (including phenoxy) is 2. The molecule has 0 radical (unpaired) electrons. The van der Waals surface area contributed by atoms with E-state index in [2.05, 4.69) is 0 Å². The fourth-order valence-electron chi connectivity index (χ4n) is 2.44. The Balaban J connectivity index is 2.54. The maximum absolute atomic E-state index is 12.6. The van der Waals surface area contributed by atoms with Crippen LogP contribution in [-0.2, 0) is 13.8 Å². The van der Waals surface area contributed by atoms with Crippen LogP contribution in [0.15, 0.2) is 42.5 Å². The number of hydrogen-bond donors (Lipinski definition) is 1. The van der Waals surface area contributed by atoms with Crippen LogP contribution in [0.3, 0.4) is 0 Å². The highest BCUT2D eigenvalue weighted by atomic mass is 31.2. The average Bonchev–Trinajstić information content (AvgIpc) is 2.62. The molecule has 0 aliphatic carbocycles. The number of hydrogen-bond acceptors (Lipinski definition) is 6. The molecule has 0 bridgehead atoms. The Morgan fingerprint density at radius 3 is 2.37 bits per heavy atom. The lowest BCUT2D eigenvalue weighted by Crippen LogP contribution is -2.09. The molecule has 0 fully saturated rings. The molecular weight excluding hydrogens is 373 g/mol. The molecule has 0 aromatic heterocycles. The molecule has 2 aromatic carbocycles. The van der Waals surface area contributed by atoms with E-state index in [9.17, 15) is 19.6 Å². The third-order valence-corrected chi connectivity index (χ3v) is 5.30. The van der Waals surface area contributed by atoms with E-state index in [1.807, 2.05) is 19.1 Å². The van der Waals surface area contributed by atoms with Gasteiger partial charge in [-0.05, 0) is 39.0 Å². The monoisotopic (exact) mass is 395 g/mol. The van der Waals surface area contributed by atoms with Gasteiger partial charge in [0.25, 0.3) is 5.69 Å². The Kier molecular flexibility index (Phi) is 7.10. The summed E-state index contributed by atoms with van der Waals surface area (Å²) in [5.41, 5.74) is 0.864. The minimum absolute atomic E-state index is 0.0135. The molecule has 1 N–H and O–H groups in total. The highest BCUT2D eigenvalue weighted by Gasteiger charge is 2.37. The maximum atomic E-state index is 12.6. The highest BCUT2D eigenvalue weighted by Crippen LogP contribution is 2.59. The van der Waals surface area contributed by atoms with Crippen molar-refractivity contribution < 1.29 is 28.4 Å². The number of rotatable bonds is 9. The van der Waals surface area contributed by atoms with E-state index < -0.39 is 18.4 Å². The molecule has 0 heterocycles. The SMILES string of the molecule is CCOC(c1cc([N+](=O)[O-])ccc1Oc1ccc(C)cc1)P(=O)(O)OCC. The Morgan fingerprint density at radius 2 is 1.81 bits per heavy atom. The predicted molar refractivity (Wildman–Crippen MR) is 100 cm³/mol. The summed E-state index contributed by atoms with van der Waals surface area (Å²) < 4.78 is 28.8. The summed E-state index contributed by atoms with van der Waals surface area (Å²) >= 11 is 0. The van der Waals surface area contributed by atoms with Gasteiger partial charge in [-0.25, -0.2) is 0 Å². The first-order chi connectivity index (χ1) is 12.8. The van der Waals surface area contributed by atoms with Gasteiger partial charge in [0.2, 0.25) is 0 Å². The minimum atomic E-state index is -4.26. The van der Waals surface area contributed by atoms with Crippen LogP contribution in [0.25, 0.3) is 0 Å². The lowest BCUT2D eigenvalue weighted by atomic mass is 10.2. The van der Waals surface area contributed by atoms with Crippen molar-refractivity contribution >= 4 is 13.3 Å². The Morgan fingerprint density at radius 1 is 1.15 bits per heavy atom. The summed E-state index contributed by atoms with van der Waals surface area (Å²) in [7, 11) is -4.26. The molecule has 27 heavy (non-hydrogen) atoms. The molecule has 2 rings (SSSR count). The molecule has 0 amide bonds. The van der Waals surface area contributed by atoms with E-state index in [1.165, 1.54) is 18.2 Å². The van der Waals surface area contributed by atoms with Crippen LogP contribution in [-0.4, -0.2) is 23.0 Å². The number of aryl methyl sites for hydroxylation is 1. The van der Waals surface area contributed by atoms with Gasteiger partial charge in [0.15, 0.2) is 5.85 Å². The van der Waals surface area contributed by atoms with Gasteiger partial charge in [0.1, 0.15) is 11.5 Å². The summed E-state index contributed by atoms with van der Waals surface area (Å²) in [5, 5.41) is 11.2. The van der Waals surface area contributed by atoms with Crippen LogP contribution in [0.1, 0.15) is 30.8 Å². The zero-order valence-electron chi connectivity index (χ0n) is 15.3. The first kappa shape index (κ1) is 21.1. The fraction of sp³-hybridized carbons (Fsp3) is 0.333. The zero-order chi connectivity index (χ0) is 20.0. The number of benzene rings is 2. The van der Waals surface area contributed by atoms with Crippen LogP contribution in [0, 0.1) is 17.0 Å². The first-order valence-corrected chi connectivity index (χ1v) is 10.0. The Hall–Kier alpha value is -2.25. The molecule has 2 unspecified atom stereocenters. The van der Waals surface area contributed by atoms with Crippen molar-refractivity contribution in [2.24, 2.45) is 0 Å². The van der Waals surface area contributed by atoms with Gasteiger partial charge >= 0.3 is 7.60 Å². The van der Waals surface area contributed by atoms with Crippen molar-refractivity contribution in [1.82, 2.24) is 0 Å². The standard InChI is InChI=1S/C18H22NO7P/c1-4-24-18(27(22,23)25-5-2)16-12-14(19(20)21)8-11-17(16)26-15-9-6-13(3)7-10-15/h6-12,18H,4-5H2,1-3H3,(H,22,23). The summed E-state index contributed by atoms with van der Waals surface area (Å²) in [6.07, 6.45) is 0. The summed E-state index contributed by atoms with van der Waals surface area (Å²) in [4.78, 5) is 20.9. The topological polar surface area (TPSA) is 108 Å².